The molecule has 0 saturated carbocycles. The molecular weight excluding hydrogens is 340 g/mol. The molecule has 0 unspecified atom stereocenters. The molecule has 0 saturated heterocycles. The highest BCUT2D eigenvalue weighted by atomic mass is 16.1. The summed E-state index contributed by atoms with van der Waals surface area (Å²) in [5.74, 6) is 0.0223. The number of nitrogens with two attached hydrogens (primary N) is 1. The second-order valence-corrected chi connectivity index (χ2v) is 6.95. The van der Waals surface area contributed by atoms with E-state index in [0.29, 0.717) is 22.6 Å². The number of nitrogens with one attached hydrogen (secondary N) is 1. The maximum absolute atomic E-state index is 12.9. The lowest BCUT2D eigenvalue weighted by molar-refractivity contribution is 0.615. The van der Waals surface area contributed by atoms with E-state index in [0.717, 1.165) is 18.5 Å². The van der Waals surface area contributed by atoms with Gasteiger partial charge in [-0.1, -0.05) is 44.2 Å². The molecular formula is C20H22N6O. The normalized spacial score (nSPS) is 11.5. The van der Waals surface area contributed by atoms with Crippen LogP contribution >= 0.6 is 0 Å². The third-order valence-corrected chi connectivity index (χ3v) is 4.68. The highest BCUT2D eigenvalue weighted by molar-refractivity contribution is 5.70. The van der Waals surface area contributed by atoms with Crippen molar-refractivity contribution in [3.05, 3.63) is 70.4 Å². The zero-order valence-electron chi connectivity index (χ0n) is 15.4. The van der Waals surface area contributed by atoms with Gasteiger partial charge in [-0.3, -0.25) is 14.6 Å². The van der Waals surface area contributed by atoms with E-state index >= 15 is 0 Å². The van der Waals surface area contributed by atoms with Crippen LogP contribution < -0.4 is 11.3 Å². The van der Waals surface area contributed by atoms with Crippen LogP contribution in [0.1, 0.15) is 30.9 Å². The summed E-state index contributed by atoms with van der Waals surface area (Å²) < 4.78 is 3.28. The first-order valence-electron chi connectivity index (χ1n) is 9.01. The third kappa shape index (κ3) is 3.12. The van der Waals surface area contributed by atoms with Crippen LogP contribution in [0.4, 0.5) is 5.69 Å². The van der Waals surface area contributed by atoms with Gasteiger partial charge in [0, 0.05) is 30.1 Å². The van der Waals surface area contributed by atoms with Crippen LogP contribution in [-0.4, -0.2) is 24.4 Å². The Morgan fingerprint density at radius 1 is 1.22 bits per heavy atom. The molecule has 3 aromatic heterocycles. The first-order chi connectivity index (χ1) is 13.0. The number of hydrogen-bond donors (Lipinski definition) is 2. The maximum Gasteiger partial charge on any atom is 0.276 e. The smallest absolute Gasteiger partial charge is 0.276 e. The van der Waals surface area contributed by atoms with E-state index in [1.807, 2.05) is 42.9 Å². The Morgan fingerprint density at radius 3 is 2.74 bits per heavy atom. The van der Waals surface area contributed by atoms with Gasteiger partial charge in [-0.15, -0.1) is 0 Å². The molecule has 0 fully saturated rings. The highest BCUT2D eigenvalue weighted by Crippen LogP contribution is 2.26. The number of fused-ring (bicyclic) bond motifs is 1. The van der Waals surface area contributed by atoms with E-state index in [9.17, 15) is 4.79 Å². The lowest BCUT2D eigenvalue weighted by Crippen LogP contribution is -2.22. The van der Waals surface area contributed by atoms with Crippen LogP contribution in [0.15, 0.2) is 53.7 Å². The summed E-state index contributed by atoms with van der Waals surface area (Å²) in [6.45, 7) is 4.73. The van der Waals surface area contributed by atoms with Gasteiger partial charge in [0.15, 0.2) is 5.65 Å². The van der Waals surface area contributed by atoms with Crippen molar-refractivity contribution in [2.45, 2.75) is 32.7 Å². The Morgan fingerprint density at radius 2 is 2.00 bits per heavy atom. The molecule has 3 heterocycles. The number of benzene rings is 1. The monoisotopic (exact) mass is 362 g/mol. The fraction of sp³-hybridized carbons (Fsp3) is 0.250. The Kier molecular flexibility index (Phi) is 4.27. The summed E-state index contributed by atoms with van der Waals surface area (Å²) >= 11 is 0. The van der Waals surface area contributed by atoms with E-state index in [2.05, 4.69) is 27.3 Å². The van der Waals surface area contributed by atoms with Crippen LogP contribution in [0, 0.1) is 0 Å². The van der Waals surface area contributed by atoms with Crippen LogP contribution in [0.5, 0.6) is 0 Å². The molecule has 138 valence electrons. The zero-order chi connectivity index (χ0) is 19.0. The Labute approximate surface area is 156 Å². The molecule has 7 heteroatoms. The molecule has 0 radical (unpaired) electrons. The third-order valence-electron chi connectivity index (χ3n) is 4.68. The fourth-order valence-electron chi connectivity index (χ4n) is 3.28. The van der Waals surface area contributed by atoms with Crippen LogP contribution in [0.25, 0.3) is 16.9 Å². The van der Waals surface area contributed by atoms with Gasteiger partial charge in [0.2, 0.25) is 0 Å². The average molecular weight is 362 g/mol. The number of aryl methyl sites for hydroxylation is 2. The SMILES string of the molecule is CC(C)c1c(-c2cnn(CCc3ccccc3)c2)nc2c(N)c[nH]n2c1=O. The molecule has 27 heavy (non-hydrogen) atoms. The second kappa shape index (κ2) is 6.75. The van der Waals surface area contributed by atoms with Gasteiger partial charge in [0.05, 0.1) is 17.6 Å². The van der Waals surface area contributed by atoms with E-state index in [4.69, 9.17) is 5.73 Å². The number of nitrogen functional groups attached to an aromatic ring is 1. The number of aromatic amines is 1. The van der Waals surface area contributed by atoms with E-state index < -0.39 is 0 Å². The molecule has 0 bridgehead atoms. The largest absolute Gasteiger partial charge is 0.394 e. The second-order valence-electron chi connectivity index (χ2n) is 6.95. The highest BCUT2D eigenvalue weighted by Gasteiger charge is 2.20. The molecule has 0 aliphatic carbocycles. The van der Waals surface area contributed by atoms with Crippen LogP contribution in [-0.2, 0) is 13.0 Å². The lowest BCUT2D eigenvalue weighted by Gasteiger charge is -2.10. The van der Waals surface area contributed by atoms with E-state index in [1.54, 1.807) is 12.4 Å². The quantitative estimate of drug-likeness (QED) is 0.571. The summed E-state index contributed by atoms with van der Waals surface area (Å²) in [6, 6.07) is 10.3. The molecule has 1 aromatic carbocycles. The molecule has 4 rings (SSSR count). The average Bonchev–Trinajstić information content (AvgIpc) is 3.28. The Balaban J connectivity index is 1.72. The molecule has 0 amide bonds. The fourth-order valence-corrected chi connectivity index (χ4v) is 3.28. The molecule has 4 aromatic rings. The van der Waals surface area contributed by atoms with Crippen molar-refractivity contribution in [2.24, 2.45) is 0 Å². The predicted molar refractivity (Wildman–Crippen MR) is 106 cm³/mol. The molecule has 7 nitrogen and oxygen atoms in total. The minimum Gasteiger partial charge on any atom is -0.394 e. The number of H-pyrrole nitrogens is 1. The van der Waals surface area contributed by atoms with Gasteiger partial charge in [0.1, 0.15) is 0 Å². The van der Waals surface area contributed by atoms with Crippen molar-refractivity contribution in [3.8, 4) is 11.3 Å². The number of rotatable bonds is 5. The van der Waals surface area contributed by atoms with E-state index in [1.165, 1.54) is 10.1 Å². The predicted octanol–water partition coefficient (Wildman–Crippen LogP) is 2.83. The Hall–Kier alpha value is -3.35. The lowest BCUT2D eigenvalue weighted by atomic mass is 10.00. The zero-order valence-corrected chi connectivity index (χ0v) is 15.4. The topological polar surface area (TPSA) is 94.0 Å². The van der Waals surface area contributed by atoms with Crippen molar-refractivity contribution in [3.63, 3.8) is 0 Å². The standard InChI is InChI=1S/C20H22N6O/c1-13(2)17-18(24-19-16(21)11-23-26(19)20(17)27)15-10-22-25(12-15)9-8-14-6-4-3-5-7-14/h3-7,10-13,23H,8-9,21H2,1-2H3. The summed E-state index contributed by atoms with van der Waals surface area (Å²) in [6.07, 6.45) is 6.17. The van der Waals surface area contributed by atoms with Crippen molar-refractivity contribution in [1.29, 1.82) is 0 Å². The van der Waals surface area contributed by atoms with Crippen LogP contribution in [0.2, 0.25) is 0 Å². The molecule has 0 aliphatic heterocycles. The molecule has 0 aliphatic rings. The van der Waals surface area contributed by atoms with Crippen LogP contribution in [0.3, 0.4) is 0 Å². The number of nitrogens with zero attached hydrogens (tertiary/aromatic N) is 4. The summed E-state index contributed by atoms with van der Waals surface area (Å²) in [5, 5.41) is 7.33. The van der Waals surface area contributed by atoms with Gasteiger partial charge in [-0.25, -0.2) is 4.98 Å². The van der Waals surface area contributed by atoms with Crippen molar-refractivity contribution >= 4 is 11.3 Å². The summed E-state index contributed by atoms with van der Waals surface area (Å²) in [7, 11) is 0. The first kappa shape index (κ1) is 17.1. The Bertz CT molecular complexity index is 1140. The minimum absolute atomic E-state index is 0.0223. The molecule has 0 spiro atoms. The van der Waals surface area contributed by atoms with Gasteiger partial charge < -0.3 is 5.73 Å². The van der Waals surface area contributed by atoms with Gasteiger partial charge in [0.25, 0.3) is 5.56 Å². The first-order valence-corrected chi connectivity index (χ1v) is 9.01. The molecule has 3 N–H and O–H groups in total. The van der Waals surface area contributed by atoms with Gasteiger partial charge in [-0.05, 0) is 17.9 Å². The minimum atomic E-state index is -0.126. The number of hydrogen-bond acceptors (Lipinski definition) is 4. The van der Waals surface area contributed by atoms with Gasteiger partial charge in [-0.2, -0.15) is 9.61 Å². The number of aromatic nitrogens is 5. The van der Waals surface area contributed by atoms with Crippen molar-refractivity contribution in [2.75, 3.05) is 5.73 Å². The maximum atomic E-state index is 12.9. The number of anilines is 1. The van der Waals surface area contributed by atoms with Crippen molar-refractivity contribution < 1.29 is 0 Å². The van der Waals surface area contributed by atoms with Gasteiger partial charge >= 0.3 is 0 Å². The molecule has 0 atom stereocenters. The van der Waals surface area contributed by atoms with Crippen molar-refractivity contribution in [1.82, 2.24) is 24.4 Å². The summed E-state index contributed by atoms with van der Waals surface area (Å²) in [5.41, 5.74) is 10.1. The van der Waals surface area contributed by atoms with E-state index in [-0.39, 0.29) is 11.5 Å². The summed E-state index contributed by atoms with van der Waals surface area (Å²) in [4.78, 5) is 17.6.